The number of β-amino-alcohol motifs (C(OH)–C–C–N with tert-alkyl or cyclic N) is 1. The second-order valence-electron chi connectivity index (χ2n) is 5.47. The molecule has 1 amide bonds. The predicted molar refractivity (Wildman–Crippen MR) is 74.1 cm³/mol. The Hall–Kier alpha value is -2.28. The summed E-state index contributed by atoms with van der Waals surface area (Å²) in [6.07, 6.45) is -0.428. The van der Waals surface area contributed by atoms with Crippen molar-refractivity contribution in [3.05, 3.63) is 52.9 Å². The SMILES string of the molecule is Cc1cc(C(=O)N2C[C@H](O)C[C@@H]2c2ccc(F)c(F)c2)n[nH]1. The van der Waals surface area contributed by atoms with Gasteiger partial charge in [-0.1, -0.05) is 6.07 Å². The number of aliphatic hydroxyl groups is 1. The van der Waals surface area contributed by atoms with Gasteiger partial charge in [-0.2, -0.15) is 5.10 Å². The van der Waals surface area contributed by atoms with Crippen LogP contribution in [0, 0.1) is 18.6 Å². The highest BCUT2D eigenvalue weighted by molar-refractivity contribution is 5.93. The summed E-state index contributed by atoms with van der Waals surface area (Å²) < 4.78 is 26.5. The quantitative estimate of drug-likeness (QED) is 0.891. The van der Waals surface area contributed by atoms with Gasteiger partial charge in [0.2, 0.25) is 0 Å². The summed E-state index contributed by atoms with van der Waals surface area (Å²) >= 11 is 0. The van der Waals surface area contributed by atoms with E-state index in [9.17, 15) is 18.7 Å². The van der Waals surface area contributed by atoms with Crippen molar-refractivity contribution in [1.82, 2.24) is 15.1 Å². The molecule has 3 rings (SSSR count). The van der Waals surface area contributed by atoms with Crippen molar-refractivity contribution in [3.63, 3.8) is 0 Å². The van der Waals surface area contributed by atoms with Crippen molar-refractivity contribution in [2.75, 3.05) is 6.54 Å². The Kier molecular flexibility index (Phi) is 3.66. The highest BCUT2D eigenvalue weighted by atomic mass is 19.2. The lowest BCUT2D eigenvalue weighted by atomic mass is 10.0. The van der Waals surface area contributed by atoms with Gasteiger partial charge in [0.05, 0.1) is 12.1 Å². The molecule has 2 atom stereocenters. The molecule has 22 heavy (non-hydrogen) atoms. The first kappa shape index (κ1) is 14.6. The number of aromatic nitrogens is 2. The predicted octanol–water partition coefficient (Wildman–Crippen LogP) is 1.94. The molecule has 116 valence electrons. The molecule has 2 heterocycles. The molecule has 0 aliphatic carbocycles. The van der Waals surface area contributed by atoms with Crippen LogP contribution < -0.4 is 0 Å². The van der Waals surface area contributed by atoms with Crippen molar-refractivity contribution in [2.24, 2.45) is 0 Å². The lowest BCUT2D eigenvalue weighted by molar-refractivity contribution is 0.0709. The van der Waals surface area contributed by atoms with E-state index in [1.54, 1.807) is 13.0 Å². The molecule has 1 aromatic heterocycles. The molecule has 0 bridgehead atoms. The topological polar surface area (TPSA) is 69.2 Å². The van der Waals surface area contributed by atoms with E-state index in [4.69, 9.17) is 0 Å². The van der Waals surface area contributed by atoms with Crippen LogP contribution in [0.15, 0.2) is 24.3 Å². The number of benzene rings is 1. The number of likely N-dealkylation sites (tertiary alicyclic amines) is 1. The van der Waals surface area contributed by atoms with Gasteiger partial charge >= 0.3 is 0 Å². The molecule has 1 aliphatic heterocycles. The Morgan fingerprint density at radius 1 is 1.36 bits per heavy atom. The fraction of sp³-hybridized carbons (Fsp3) is 0.333. The number of aryl methyl sites for hydroxylation is 1. The Morgan fingerprint density at radius 2 is 2.14 bits per heavy atom. The average molecular weight is 307 g/mol. The van der Waals surface area contributed by atoms with Crippen molar-refractivity contribution in [1.29, 1.82) is 0 Å². The molecule has 1 aliphatic rings. The van der Waals surface area contributed by atoms with E-state index in [1.165, 1.54) is 11.0 Å². The highest BCUT2D eigenvalue weighted by Gasteiger charge is 2.36. The third-order valence-electron chi connectivity index (χ3n) is 3.79. The zero-order chi connectivity index (χ0) is 15.9. The summed E-state index contributed by atoms with van der Waals surface area (Å²) in [5.41, 5.74) is 1.43. The molecule has 5 nitrogen and oxygen atoms in total. The number of amides is 1. The zero-order valence-electron chi connectivity index (χ0n) is 11.9. The Balaban J connectivity index is 1.91. The fourth-order valence-corrected chi connectivity index (χ4v) is 2.75. The maximum Gasteiger partial charge on any atom is 0.274 e. The van der Waals surface area contributed by atoms with Crippen LogP contribution in [0.3, 0.4) is 0 Å². The minimum atomic E-state index is -0.970. The molecule has 0 radical (unpaired) electrons. The minimum absolute atomic E-state index is 0.133. The van der Waals surface area contributed by atoms with E-state index in [0.717, 1.165) is 17.8 Å². The molecular formula is C15H15F2N3O2. The van der Waals surface area contributed by atoms with E-state index in [0.29, 0.717) is 5.56 Å². The first-order valence-corrected chi connectivity index (χ1v) is 6.91. The van der Waals surface area contributed by atoms with Crippen LogP contribution in [0.25, 0.3) is 0 Å². The average Bonchev–Trinajstić information content (AvgIpc) is 3.07. The Labute approximate surface area is 125 Å². The lowest BCUT2D eigenvalue weighted by Gasteiger charge is -2.24. The van der Waals surface area contributed by atoms with Gasteiger partial charge in [-0.15, -0.1) is 0 Å². The zero-order valence-corrected chi connectivity index (χ0v) is 11.9. The van der Waals surface area contributed by atoms with Crippen LogP contribution in [0.2, 0.25) is 0 Å². The van der Waals surface area contributed by atoms with Gasteiger partial charge in [0.15, 0.2) is 11.6 Å². The van der Waals surface area contributed by atoms with Gasteiger partial charge in [0.1, 0.15) is 5.69 Å². The number of carbonyl (C=O) groups excluding carboxylic acids is 1. The number of aromatic amines is 1. The molecule has 2 N–H and O–H groups in total. The fourth-order valence-electron chi connectivity index (χ4n) is 2.75. The molecule has 7 heteroatoms. The minimum Gasteiger partial charge on any atom is -0.391 e. The second kappa shape index (κ2) is 5.49. The number of aliphatic hydroxyl groups excluding tert-OH is 1. The molecule has 1 saturated heterocycles. The lowest BCUT2D eigenvalue weighted by Crippen LogP contribution is -2.32. The second-order valence-corrected chi connectivity index (χ2v) is 5.47. The largest absolute Gasteiger partial charge is 0.391 e. The molecule has 0 unspecified atom stereocenters. The first-order chi connectivity index (χ1) is 10.5. The van der Waals surface area contributed by atoms with Gasteiger partial charge in [0, 0.05) is 12.2 Å². The van der Waals surface area contributed by atoms with Gasteiger partial charge in [-0.3, -0.25) is 9.89 Å². The maximum absolute atomic E-state index is 13.4. The number of rotatable bonds is 2. The van der Waals surface area contributed by atoms with Gasteiger partial charge in [-0.25, -0.2) is 8.78 Å². The molecule has 0 saturated carbocycles. The number of nitrogens with zero attached hydrogens (tertiary/aromatic N) is 2. The number of carbonyl (C=O) groups is 1. The summed E-state index contributed by atoms with van der Waals surface area (Å²) in [6.45, 7) is 1.91. The summed E-state index contributed by atoms with van der Waals surface area (Å²) in [7, 11) is 0. The number of hydrogen-bond donors (Lipinski definition) is 2. The van der Waals surface area contributed by atoms with Crippen molar-refractivity contribution in [2.45, 2.75) is 25.5 Å². The normalized spacial score (nSPS) is 21.4. The number of hydrogen-bond acceptors (Lipinski definition) is 3. The Morgan fingerprint density at radius 3 is 2.77 bits per heavy atom. The van der Waals surface area contributed by atoms with Crippen LogP contribution >= 0.6 is 0 Å². The van der Waals surface area contributed by atoms with Crippen LogP contribution in [-0.4, -0.2) is 38.8 Å². The van der Waals surface area contributed by atoms with Crippen molar-refractivity contribution in [3.8, 4) is 0 Å². The number of H-pyrrole nitrogens is 1. The van der Waals surface area contributed by atoms with Crippen LogP contribution in [0.5, 0.6) is 0 Å². The Bertz CT molecular complexity index is 717. The third-order valence-corrected chi connectivity index (χ3v) is 3.79. The van der Waals surface area contributed by atoms with E-state index < -0.39 is 23.8 Å². The van der Waals surface area contributed by atoms with Gasteiger partial charge < -0.3 is 10.0 Å². The summed E-state index contributed by atoms with van der Waals surface area (Å²) in [5.74, 6) is -2.26. The van der Waals surface area contributed by atoms with Crippen molar-refractivity contribution < 1.29 is 18.7 Å². The molecule has 2 aromatic rings. The third kappa shape index (κ3) is 2.59. The molecule has 1 aromatic carbocycles. The number of halogens is 2. The van der Waals surface area contributed by atoms with Gasteiger partial charge in [0.25, 0.3) is 5.91 Å². The van der Waals surface area contributed by atoms with E-state index >= 15 is 0 Å². The smallest absolute Gasteiger partial charge is 0.274 e. The highest BCUT2D eigenvalue weighted by Crippen LogP contribution is 2.33. The molecular weight excluding hydrogens is 292 g/mol. The van der Waals surface area contributed by atoms with Gasteiger partial charge in [-0.05, 0) is 37.1 Å². The molecule has 0 spiro atoms. The standard InChI is InChI=1S/C15H15F2N3O2/c1-8-4-13(19-18-8)15(22)20-7-10(21)6-14(20)9-2-3-11(16)12(17)5-9/h2-5,10,14,21H,6-7H2,1H3,(H,18,19)/t10-,14-/m1/s1. The first-order valence-electron chi connectivity index (χ1n) is 6.91. The van der Waals surface area contributed by atoms with Crippen LogP contribution in [0.1, 0.15) is 34.2 Å². The number of nitrogens with one attached hydrogen (secondary N) is 1. The van der Waals surface area contributed by atoms with E-state index in [1.807, 2.05) is 0 Å². The van der Waals surface area contributed by atoms with Crippen molar-refractivity contribution >= 4 is 5.91 Å². The van der Waals surface area contributed by atoms with E-state index in [2.05, 4.69) is 10.2 Å². The summed E-state index contributed by atoms with van der Waals surface area (Å²) in [6, 6.07) is 4.62. The van der Waals surface area contributed by atoms with Crippen LogP contribution in [-0.2, 0) is 0 Å². The summed E-state index contributed by atoms with van der Waals surface area (Å²) in [5, 5.41) is 16.5. The monoisotopic (exact) mass is 307 g/mol. The van der Waals surface area contributed by atoms with E-state index in [-0.39, 0.29) is 24.6 Å². The maximum atomic E-state index is 13.4. The summed E-state index contributed by atoms with van der Waals surface area (Å²) in [4.78, 5) is 13.9. The molecule has 1 fully saturated rings. The van der Waals surface area contributed by atoms with Crippen LogP contribution in [0.4, 0.5) is 8.78 Å².